The van der Waals surface area contributed by atoms with Crippen LogP contribution in [0, 0.1) is 10.5 Å². The minimum absolute atomic E-state index is 1.11. The summed E-state index contributed by atoms with van der Waals surface area (Å²) < 4.78 is 0. The molecule has 0 bridgehead atoms. The number of rotatable bonds is 0. The molecule has 58 valence electrons. The SMILES string of the molecule is N=O.c1ccc2c(c1)CCN2. The first-order chi connectivity index (χ1) is 5.47. The summed E-state index contributed by atoms with van der Waals surface area (Å²) in [6, 6.07) is 8.46. The van der Waals surface area contributed by atoms with E-state index in [1.54, 1.807) is 0 Å². The molecule has 0 aromatic heterocycles. The Labute approximate surface area is 65.2 Å². The van der Waals surface area contributed by atoms with E-state index in [-0.39, 0.29) is 0 Å². The highest BCUT2D eigenvalue weighted by Gasteiger charge is 2.05. The smallest absolute Gasteiger partial charge is 0.0373 e. The van der Waals surface area contributed by atoms with Crippen LogP contribution in [0.3, 0.4) is 0 Å². The molecule has 2 N–H and O–H groups in total. The topological polar surface area (TPSA) is 53.0 Å². The molecular formula is C8H10N2O. The standard InChI is InChI=1S/C8H9N.HNO/c1-2-4-8-7(3-1)5-6-9-8;1-2/h1-4,9H,5-6H2;1H. The van der Waals surface area contributed by atoms with Gasteiger partial charge in [0.15, 0.2) is 0 Å². The van der Waals surface area contributed by atoms with Gasteiger partial charge in [-0.05, 0) is 18.1 Å². The second-order valence-electron chi connectivity index (χ2n) is 2.33. The van der Waals surface area contributed by atoms with Crippen molar-refractivity contribution >= 4 is 5.69 Å². The zero-order valence-electron chi connectivity index (χ0n) is 6.13. The van der Waals surface area contributed by atoms with Crippen LogP contribution in [-0.2, 0) is 6.42 Å². The van der Waals surface area contributed by atoms with Crippen molar-refractivity contribution in [2.24, 2.45) is 0 Å². The fraction of sp³-hybridized carbons (Fsp3) is 0.250. The molecule has 11 heavy (non-hydrogen) atoms. The van der Waals surface area contributed by atoms with Gasteiger partial charge in [-0.1, -0.05) is 23.8 Å². The maximum absolute atomic E-state index is 7.50. The second-order valence-corrected chi connectivity index (χ2v) is 2.33. The molecule has 1 aromatic rings. The zero-order chi connectivity index (χ0) is 8.10. The first kappa shape index (κ1) is 7.72. The average Bonchev–Trinajstić information content (AvgIpc) is 2.55. The predicted molar refractivity (Wildman–Crippen MR) is 44.7 cm³/mol. The number of nitroso groups, excluding NO2 is 1. The molecule has 1 heterocycles. The predicted octanol–water partition coefficient (Wildman–Crippen LogP) is 1.99. The lowest BCUT2D eigenvalue weighted by Gasteiger charge is -1.94. The van der Waals surface area contributed by atoms with E-state index in [1.165, 1.54) is 17.7 Å². The molecule has 0 aliphatic carbocycles. The van der Waals surface area contributed by atoms with Crippen molar-refractivity contribution in [2.75, 3.05) is 11.9 Å². The molecule has 0 saturated carbocycles. The third kappa shape index (κ3) is 1.55. The molecule has 0 amide bonds. The van der Waals surface area contributed by atoms with Crippen molar-refractivity contribution in [3.63, 3.8) is 0 Å². The van der Waals surface area contributed by atoms with Gasteiger partial charge in [0.1, 0.15) is 0 Å². The summed E-state index contributed by atoms with van der Waals surface area (Å²) in [5.41, 5.74) is 7.27. The molecule has 0 fully saturated rings. The maximum Gasteiger partial charge on any atom is 0.0373 e. The Morgan fingerprint density at radius 2 is 2.00 bits per heavy atom. The molecule has 0 spiro atoms. The highest BCUT2D eigenvalue weighted by molar-refractivity contribution is 5.54. The number of fused-ring (bicyclic) bond motifs is 1. The lowest BCUT2D eigenvalue weighted by Crippen LogP contribution is -1.90. The lowest BCUT2D eigenvalue weighted by atomic mass is 10.2. The molecule has 0 unspecified atom stereocenters. The summed E-state index contributed by atoms with van der Waals surface area (Å²) in [6.07, 6.45) is 1.19. The largest absolute Gasteiger partial charge is 0.384 e. The van der Waals surface area contributed by atoms with Crippen molar-refractivity contribution in [3.05, 3.63) is 34.7 Å². The van der Waals surface area contributed by atoms with Crippen LogP contribution >= 0.6 is 0 Å². The first-order valence-electron chi connectivity index (χ1n) is 3.49. The molecule has 0 atom stereocenters. The molecule has 0 radical (unpaired) electrons. The Morgan fingerprint density at radius 3 is 2.73 bits per heavy atom. The number of anilines is 1. The van der Waals surface area contributed by atoms with Gasteiger partial charge in [0.2, 0.25) is 0 Å². The van der Waals surface area contributed by atoms with Crippen LogP contribution in [0.1, 0.15) is 5.56 Å². The Hall–Kier alpha value is -1.38. The molecule has 3 heteroatoms. The van der Waals surface area contributed by atoms with Crippen LogP contribution in [0.15, 0.2) is 24.3 Å². The van der Waals surface area contributed by atoms with Gasteiger partial charge in [-0.3, -0.25) is 0 Å². The van der Waals surface area contributed by atoms with Crippen LogP contribution in [0.4, 0.5) is 5.69 Å². The summed E-state index contributed by atoms with van der Waals surface area (Å²) >= 11 is 0. The summed E-state index contributed by atoms with van der Waals surface area (Å²) in [7, 11) is 0. The third-order valence-corrected chi connectivity index (χ3v) is 1.73. The zero-order valence-corrected chi connectivity index (χ0v) is 6.13. The fourth-order valence-corrected chi connectivity index (χ4v) is 1.24. The Kier molecular flexibility index (Phi) is 2.60. The first-order valence-corrected chi connectivity index (χ1v) is 3.49. The van der Waals surface area contributed by atoms with E-state index >= 15 is 0 Å². The lowest BCUT2D eigenvalue weighted by molar-refractivity contribution is 1.11. The van der Waals surface area contributed by atoms with Crippen molar-refractivity contribution in [1.29, 1.82) is 5.59 Å². The van der Waals surface area contributed by atoms with E-state index < -0.39 is 0 Å². The van der Waals surface area contributed by atoms with E-state index in [9.17, 15) is 0 Å². The van der Waals surface area contributed by atoms with E-state index in [0.29, 0.717) is 0 Å². The van der Waals surface area contributed by atoms with Crippen LogP contribution in [-0.4, -0.2) is 6.54 Å². The number of nitrogens with one attached hydrogen (secondary N) is 2. The highest BCUT2D eigenvalue weighted by atomic mass is 16.2. The van der Waals surface area contributed by atoms with Gasteiger partial charge in [-0.2, -0.15) is 4.91 Å². The van der Waals surface area contributed by atoms with Gasteiger partial charge in [0.25, 0.3) is 0 Å². The van der Waals surface area contributed by atoms with E-state index in [0.717, 1.165) is 6.54 Å². The molecule has 1 aliphatic heterocycles. The van der Waals surface area contributed by atoms with Crippen LogP contribution in [0.5, 0.6) is 0 Å². The monoisotopic (exact) mass is 150 g/mol. The van der Waals surface area contributed by atoms with Gasteiger partial charge in [0.05, 0.1) is 0 Å². The van der Waals surface area contributed by atoms with Gasteiger partial charge in [-0.15, -0.1) is 0 Å². The second kappa shape index (κ2) is 3.71. The van der Waals surface area contributed by atoms with Gasteiger partial charge >= 0.3 is 0 Å². The van der Waals surface area contributed by atoms with E-state index in [2.05, 4.69) is 35.2 Å². The third-order valence-electron chi connectivity index (χ3n) is 1.73. The van der Waals surface area contributed by atoms with E-state index in [1.807, 2.05) is 0 Å². The Balaban J connectivity index is 0.000000281. The van der Waals surface area contributed by atoms with Crippen LogP contribution < -0.4 is 5.32 Å². The Morgan fingerprint density at radius 1 is 1.27 bits per heavy atom. The van der Waals surface area contributed by atoms with Crippen molar-refractivity contribution in [1.82, 2.24) is 0 Å². The van der Waals surface area contributed by atoms with Gasteiger partial charge < -0.3 is 5.32 Å². The fourth-order valence-electron chi connectivity index (χ4n) is 1.24. The number of hydrogen-bond donors (Lipinski definition) is 2. The molecule has 1 aromatic carbocycles. The summed E-state index contributed by atoms with van der Waals surface area (Å²) in [5, 5.41) is 3.30. The van der Waals surface area contributed by atoms with Gasteiger partial charge in [0, 0.05) is 12.2 Å². The summed E-state index contributed by atoms with van der Waals surface area (Å²) in [4.78, 5) is 7.50. The maximum atomic E-state index is 7.50. The van der Waals surface area contributed by atoms with E-state index in [4.69, 9.17) is 4.91 Å². The molecule has 2 rings (SSSR count). The Bertz CT molecular complexity index is 214. The van der Waals surface area contributed by atoms with Gasteiger partial charge in [-0.25, -0.2) is 0 Å². The molecular weight excluding hydrogens is 140 g/mol. The minimum Gasteiger partial charge on any atom is -0.384 e. The van der Waals surface area contributed by atoms with Crippen molar-refractivity contribution < 1.29 is 0 Å². The summed E-state index contributed by atoms with van der Waals surface area (Å²) in [5.74, 6) is 0. The number of benzene rings is 1. The van der Waals surface area contributed by atoms with Crippen LogP contribution in [0.2, 0.25) is 0 Å². The highest BCUT2D eigenvalue weighted by Crippen LogP contribution is 2.19. The molecule has 0 saturated heterocycles. The van der Waals surface area contributed by atoms with Crippen molar-refractivity contribution in [2.45, 2.75) is 6.42 Å². The molecule has 1 aliphatic rings. The number of hydrogen-bond acceptors (Lipinski definition) is 3. The molecule has 3 nitrogen and oxygen atoms in total. The summed E-state index contributed by atoms with van der Waals surface area (Å²) in [6.45, 7) is 1.11. The normalized spacial score (nSPS) is 12.4. The van der Waals surface area contributed by atoms with Crippen LogP contribution in [0.25, 0.3) is 0 Å². The minimum atomic E-state index is 1.11. The quantitative estimate of drug-likeness (QED) is 0.555. The number of para-hydroxylation sites is 1. The van der Waals surface area contributed by atoms with Crippen molar-refractivity contribution in [3.8, 4) is 0 Å². The average molecular weight is 150 g/mol.